The summed E-state index contributed by atoms with van der Waals surface area (Å²) in [5.74, 6) is 0. The minimum absolute atomic E-state index is 0.702. The normalized spacial score (nSPS) is 10.1. The topological polar surface area (TPSA) is 17.1 Å². The van der Waals surface area contributed by atoms with Crippen LogP contribution in [0.2, 0.25) is 5.02 Å². The number of aldehydes is 1. The zero-order valence-corrected chi connectivity index (χ0v) is 9.66. The average Bonchev–Trinajstić information content (AvgIpc) is 2.31. The van der Waals surface area contributed by atoms with Gasteiger partial charge in [0.15, 0.2) is 0 Å². The number of hydrogen-bond acceptors (Lipinski definition) is 1. The first-order valence-corrected chi connectivity index (χ1v) is 5.41. The monoisotopic (exact) mass is 230 g/mol. The van der Waals surface area contributed by atoms with Crippen molar-refractivity contribution in [2.24, 2.45) is 0 Å². The molecule has 0 fully saturated rings. The molecule has 2 aromatic carbocycles. The third-order valence-electron chi connectivity index (χ3n) is 2.67. The Kier molecular flexibility index (Phi) is 3.07. The van der Waals surface area contributed by atoms with Gasteiger partial charge in [0.2, 0.25) is 0 Å². The van der Waals surface area contributed by atoms with E-state index in [2.05, 4.69) is 0 Å². The fourth-order valence-corrected chi connectivity index (χ4v) is 1.99. The first-order valence-electron chi connectivity index (χ1n) is 5.03. The summed E-state index contributed by atoms with van der Waals surface area (Å²) in [6.07, 6.45) is 0.871. The van der Waals surface area contributed by atoms with Crippen molar-refractivity contribution in [1.29, 1.82) is 0 Å². The van der Waals surface area contributed by atoms with Crippen molar-refractivity contribution in [3.63, 3.8) is 0 Å². The standard InChI is InChI=1S/C14H11ClO/c1-10-11(9-16)5-4-7-12(10)13-6-2-3-8-14(13)15/h2-9H,1H3. The van der Waals surface area contributed by atoms with E-state index in [9.17, 15) is 4.79 Å². The van der Waals surface area contributed by atoms with Gasteiger partial charge in [-0.1, -0.05) is 48.0 Å². The second-order valence-corrected chi connectivity index (χ2v) is 4.02. The van der Waals surface area contributed by atoms with Crippen LogP contribution < -0.4 is 0 Å². The number of benzene rings is 2. The molecule has 0 saturated heterocycles. The summed E-state index contributed by atoms with van der Waals surface area (Å²) in [6.45, 7) is 1.93. The van der Waals surface area contributed by atoms with Crippen molar-refractivity contribution in [2.75, 3.05) is 0 Å². The van der Waals surface area contributed by atoms with Crippen molar-refractivity contribution in [2.45, 2.75) is 6.92 Å². The van der Waals surface area contributed by atoms with E-state index in [-0.39, 0.29) is 0 Å². The lowest BCUT2D eigenvalue weighted by Gasteiger charge is -2.09. The lowest BCUT2D eigenvalue weighted by atomic mass is 9.97. The van der Waals surface area contributed by atoms with Gasteiger partial charge in [-0.2, -0.15) is 0 Å². The van der Waals surface area contributed by atoms with Crippen LogP contribution in [0.1, 0.15) is 15.9 Å². The molecule has 0 aliphatic carbocycles. The maximum atomic E-state index is 10.9. The van der Waals surface area contributed by atoms with E-state index in [0.717, 1.165) is 23.0 Å². The molecule has 0 N–H and O–H groups in total. The Morgan fingerprint density at radius 2 is 1.69 bits per heavy atom. The fourth-order valence-electron chi connectivity index (χ4n) is 1.75. The molecule has 2 heteroatoms. The quantitative estimate of drug-likeness (QED) is 0.709. The fraction of sp³-hybridized carbons (Fsp3) is 0.0714. The van der Waals surface area contributed by atoms with Crippen LogP contribution >= 0.6 is 11.6 Å². The van der Waals surface area contributed by atoms with Gasteiger partial charge in [0, 0.05) is 16.1 Å². The predicted octanol–water partition coefficient (Wildman–Crippen LogP) is 4.13. The number of carbonyl (C=O) groups is 1. The molecule has 80 valence electrons. The molecular weight excluding hydrogens is 220 g/mol. The molecular formula is C14H11ClO. The Morgan fingerprint density at radius 3 is 2.38 bits per heavy atom. The minimum atomic E-state index is 0.702. The summed E-state index contributed by atoms with van der Waals surface area (Å²) in [6, 6.07) is 13.3. The third kappa shape index (κ3) is 1.86. The van der Waals surface area contributed by atoms with Crippen molar-refractivity contribution >= 4 is 17.9 Å². The van der Waals surface area contributed by atoms with Gasteiger partial charge >= 0.3 is 0 Å². The highest BCUT2D eigenvalue weighted by Crippen LogP contribution is 2.30. The smallest absolute Gasteiger partial charge is 0.150 e. The van der Waals surface area contributed by atoms with Crippen molar-refractivity contribution in [1.82, 2.24) is 0 Å². The molecule has 0 spiro atoms. The summed E-state index contributed by atoms with van der Waals surface area (Å²) in [4.78, 5) is 10.9. The molecule has 0 atom stereocenters. The molecule has 0 heterocycles. The van der Waals surface area contributed by atoms with Gasteiger partial charge in [0.25, 0.3) is 0 Å². The summed E-state index contributed by atoms with van der Waals surface area (Å²) >= 11 is 6.14. The van der Waals surface area contributed by atoms with E-state index in [0.29, 0.717) is 10.6 Å². The van der Waals surface area contributed by atoms with E-state index in [4.69, 9.17) is 11.6 Å². The Bertz CT molecular complexity index is 532. The zero-order chi connectivity index (χ0) is 11.5. The third-order valence-corrected chi connectivity index (χ3v) is 3.00. The second-order valence-electron chi connectivity index (χ2n) is 3.62. The first-order chi connectivity index (χ1) is 7.74. The van der Waals surface area contributed by atoms with Gasteiger partial charge in [-0.15, -0.1) is 0 Å². The molecule has 16 heavy (non-hydrogen) atoms. The SMILES string of the molecule is Cc1c(C=O)cccc1-c1ccccc1Cl. The maximum Gasteiger partial charge on any atom is 0.150 e. The van der Waals surface area contributed by atoms with Crippen LogP contribution in [0.25, 0.3) is 11.1 Å². The van der Waals surface area contributed by atoms with Crippen molar-refractivity contribution < 1.29 is 4.79 Å². The van der Waals surface area contributed by atoms with Gasteiger partial charge in [0.1, 0.15) is 6.29 Å². The molecule has 0 unspecified atom stereocenters. The Labute approximate surface area is 99.7 Å². The average molecular weight is 231 g/mol. The first kappa shape index (κ1) is 10.9. The predicted molar refractivity (Wildman–Crippen MR) is 67.0 cm³/mol. The highest BCUT2D eigenvalue weighted by molar-refractivity contribution is 6.33. The second kappa shape index (κ2) is 4.50. The lowest BCUT2D eigenvalue weighted by molar-refractivity contribution is 0.112. The largest absolute Gasteiger partial charge is 0.298 e. The Balaban J connectivity index is 2.65. The van der Waals surface area contributed by atoms with E-state index in [1.807, 2.05) is 49.4 Å². The number of halogens is 1. The van der Waals surface area contributed by atoms with Crippen molar-refractivity contribution in [3.05, 3.63) is 58.6 Å². The Hall–Kier alpha value is -1.60. The number of rotatable bonds is 2. The van der Waals surface area contributed by atoms with Crippen LogP contribution in [0.5, 0.6) is 0 Å². The summed E-state index contributed by atoms with van der Waals surface area (Å²) in [7, 11) is 0. The minimum Gasteiger partial charge on any atom is -0.298 e. The van der Waals surface area contributed by atoms with Crippen LogP contribution in [0.3, 0.4) is 0 Å². The van der Waals surface area contributed by atoms with Gasteiger partial charge in [-0.3, -0.25) is 4.79 Å². The van der Waals surface area contributed by atoms with E-state index >= 15 is 0 Å². The molecule has 2 rings (SSSR count). The highest BCUT2D eigenvalue weighted by atomic mass is 35.5. The van der Waals surface area contributed by atoms with Crippen LogP contribution in [-0.2, 0) is 0 Å². The number of carbonyl (C=O) groups excluding carboxylic acids is 1. The van der Waals surface area contributed by atoms with Gasteiger partial charge in [-0.05, 0) is 24.1 Å². The molecule has 0 aromatic heterocycles. The highest BCUT2D eigenvalue weighted by Gasteiger charge is 2.07. The van der Waals surface area contributed by atoms with Crippen LogP contribution in [0.15, 0.2) is 42.5 Å². The molecule has 0 aliphatic heterocycles. The summed E-state index contributed by atoms with van der Waals surface area (Å²) in [5, 5.41) is 0.702. The van der Waals surface area contributed by atoms with Crippen LogP contribution in [-0.4, -0.2) is 6.29 Å². The molecule has 0 radical (unpaired) electrons. The zero-order valence-electron chi connectivity index (χ0n) is 8.91. The van der Waals surface area contributed by atoms with E-state index < -0.39 is 0 Å². The molecule has 0 bridgehead atoms. The van der Waals surface area contributed by atoms with E-state index in [1.54, 1.807) is 0 Å². The molecule has 1 nitrogen and oxygen atoms in total. The molecule has 0 aliphatic rings. The summed E-state index contributed by atoms with van der Waals surface area (Å²) < 4.78 is 0. The number of hydrogen-bond donors (Lipinski definition) is 0. The van der Waals surface area contributed by atoms with Gasteiger partial charge in [-0.25, -0.2) is 0 Å². The van der Waals surface area contributed by atoms with Crippen LogP contribution in [0, 0.1) is 6.92 Å². The molecule has 0 saturated carbocycles. The molecule has 2 aromatic rings. The van der Waals surface area contributed by atoms with Gasteiger partial charge < -0.3 is 0 Å². The van der Waals surface area contributed by atoms with E-state index in [1.165, 1.54) is 0 Å². The van der Waals surface area contributed by atoms with Crippen LogP contribution in [0.4, 0.5) is 0 Å². The molecule has 0 amide bonds. The van der Waals surface area contributed by atoms with Gasteiger partial charge in [0.05, 0.1) is 0 Å². The maximum absolute atomic E-state index is 10.9. The lowest BCUT2D eigenvalue weighted by Crippen LogP contribution is -1.90. The van der Waals surface area contributed by atoms with Crippen molar-refractivity contribution in [3.8, 4) is 11.1 Å². The Morgan fingerprint density at radius 1 is 1.00 bits per heavy atom. The summed E-state index contributed by atoms with van der Waals surface area (Å²) in [5.41, 5.74) is 3.64.